The second-order valence-electron chi connectivity index (χ2n) is 7.03. The van der Waals surface area contributed by atoms with Crippen molar-refractivity contribution in [2.75, 3.05) is 18.4 Å². The number of anilines is 2. The van der Waals surface area contributed by atoms with Gasteiger partial charge in [0, 0.05) is 56.9 Å². The number of hydrogen-bond acceptors (Lipinski definition) is 6. The summed E-state index contributed by atoms with van der Waals surface area (Å²) in [5.41, 5.74) is 2.07. The van der Waals surface area contributed by atoms with Crippen LogP contribution in [0.25, 0.3) is 6.08 Å². The average molecular weight is 389 g/mol. The minimum absolute atomic E-state index is 0.0304. The van der Waals surface area contributed by atoms with Crippen molar-refractivity contribution in [1.29, 1.82) is 0 Å². The summed E-state index contributed by atoms with van der Waals surface area (Å²) in [6, 6.07) is 5.93. The minimum Gasteiger partial charge on any atom is -0.339 e. The monoisotopic (exact) mass is 389 g/mol. The number of rotatable bonds is 5. The number of amides is 1. The molecule has 148 valence electrons. The second kappa shape index (κ2) is 8.64. The van der Waals surface area contributed by atoms with Crippen LogP contribution in [0.5, 0.6) is 0 Å². The number of aryl methyl sites for hydroxylation is 1. The van der Waals surface area contributed by atoms with E-state index in [2.05, 4.69) is 25.4 Å². The van der Waals surface area contributed by atoms with Gasteiger partial charge >= 0.3 is 0 Å². The zero-order valence-electron chi connectivity index (χ0n) is 16.3. The maximum absolute atomic E-state index is 12.7. The maximum Gasteiger partial charge on any atom is 0.246 e. The molecule has 1 aliphatic rings. The number of nitrogens with zero attached hydrogens (tertiary/aromatic N) is 6. The number of hydrogen-bond donors (Lipinski definition) is 1. The van der Waals surface area contributed by atoms with Crippen molar-refractivity contribution in [2.24, 2.45) is 7.05 Å². The first kappa shape index (κ1) is 18.8. The Morgan fingerprint density at radius 1 is 1.17 bits per heavy atom. The minimum atomic E-state index is 0.0304. The SMILES string of the molecule is Cn1nccc1/C=C/C(=O)N1CCCC(c2ccnc(Nc3cnccn3)c2)C1. The number of pyridine rings is 1. The van der Waals surface area contributed by atoms with Crippen molar-refractivity contribution < 1.29 is 4.79 Å². The summed E-state index contributed by atoms with van der Waals surface area (Å²) in [7, 11) is 1.86. The van der Waals surface area contributed by atoms with Crippen molar-refractivity contribution in [2.45, 2.75) is 18.8 Å². The molecule has 1 atom stereocenters. The molecule has 0 bridgehead atoms. The van der Waals surface area contributed by atoms with Crippen molar-refractivity contribution in [1.82, 2.24) is 29.6 Å². The molecular weight excluding hydrogens is 366 g/mol. The van der Waals surface area contributed by atoms with E-state index in [1.165, 1.54) is 5.56 Å². The van der Waals surface area contributed by atoms with E-state index in [-0.39, 0.29) is 11.8 Å². The molecule has 29 heavy (non-hydrogen) atoms. The van der Waals surface area contributed by atoms with Gasteiger partial charge < -0.3 is 10.2 Å². The molecular formula is C21H23N7O. The van der Waals surface area contributed by atoms with Gasteiger partial charge in [-0.3, -0.25) is 14.5 Å². The zero-order valence-corrected chi connectivity index (χ0v) is 16.3. The molecule has 0 saturated carbocycles. The molecule has 1 amide bonds. The van der Waals surface area contributed by atoms with Crippen LogP contribution in [0.4, 0.5) is 11.6 Å². The van der Waals surface area contributed by atoms with Gasteiger partial charge in [0.05, 0.1) is 11.9 Å². The van der Waals surface area contributed by atoms with E-state index >= 15 is 0 Å². The van der Waals surface area contributed by atoms with Crippen molar-refractivity contribution in [3.63, 3.8) is 0 Å². The first-order valence-corrected chi connectivity index (χ1v) is 9.63. The topological polar surface area (TPSA) is 88.8 Å². The lowest BCUT2D eigenvalue weighted by Gasteiger charge is -2.32. The number of aromatic nitrogens is 5. The van der Waals surface area contributed by atoms with Gasteiger partial charge in [0.15, 0.2) is 0 Å². The first-order valence-electron chi connectivity index (χ1n) is 9.63. The highest BCUT2D eigenvalue weighted by molar-refractivity contribution is 5.91. The van der Waals surface area contributed by atoms with E-state index in [0.29, 0.717) is 12.4 Å². The van der Waals surface area contributed by atoms with Crippen molar-refractivity contribution in [3.8, 4) is 0 Å². The third-order valence-electron chi connectivity index (χ3n) is 5.06. The predicted molar refractivity (Wildman–Crippen MR) is 110 cm³/mol. The fourth-order valence-corrected chi connectivity index (χ4v) is 3.52. The van der Waals surface area contributed by atoms with E-state index < -0.39 is 0 Å². The Labute approximate surface area is 169 Å². The van der Waals surface area contributed by atoms with Crippen LogP contribution < -0.4 is 5.32 Å². The molecule has 0 radical (unpaired) electrons. The Balaban J connectivity index is 1.43. The molecule has 1 aliphatic heterocycles. The van der Waals surface area contributed by atoms with Crippen LogP contribution in [0, 0.1) is 0 Å². The molecule has 4 rings (SSSR count). The summed E-state index contributed by atoms with van der Waals surface area (Å²) in [4.78, 5) is 27.2. The summed E-state index contributed by atoms with van der Waals surface area (Å²) in [6.07, 6.45) is 13.9. The summed E-state index contributed by atoms with van der Waals surface area (Å²) in [5, 5.41) is 7.29. The molecule has 1 saturated heterocycles. The van der Waals surface area contributed by atoms with Crippen LogP contribution in [-0.4, -0.2) is 48.6 Å². The summed E-state index contributed by atoms with van der Waals surface area (Å²) in [6.45, 7) is 1.48. The van der Waals surface area contributed by atoms with Gasteiger partial charge in [0.1, 0.15) is 11.6 Å². The van der Waals surface area contributed by atoms with Gasteiger partial charge in [-0.05, 0) is 42.7 Å². The number of likely N-dealkylation sites (tertiary alicyclic amines) is 1. The molecule has 0 aliphatic carbocycles. The smallest absolute Gasteiger partial charge is 0.246 e. The fraction of sp³-hybridized carbons (Fsp3) is 0.286. The summed E-state index contributed by atoms with van der Waals surface area (Å²) in [5.74, 6) is 1.69. The normalized spacial score (nSPS) is 16.9. The second-order valence-corrected chi connectivity index (χ2v) is 7.03. The van der Waals surface area contributed by atoms with Crippen LogP contribution in [-0.2, 0) is 11.8 Å². The lowest BCUT2D eigenvalue weighted by molar-refractivity contribution is -0.127. The molecule has 3 aromatic heterocycles. The van der Waals surface area contributed by atoms with Crippen LogP contribution >= 0.6 is 0 Å². The number of carbonyl (C=O) groups is 1. The lowest BCUT2D eigenvalue weighted by atomic mass is 9.91. The highest BCUT2D eigenvalue weighted by Crippen LogP contribution is 2.28. The van der Waals surface area contributed by atoms with E-state index in [4.69, 9.17) is 0 Å². The molecule has 8 heteroatoms. The molecule has 1 unspecified atom stereocenters. The van der Waals surface area contributed by atoms with E-state index in [9.17, 15) is 4.79 Å². The van der Waals surface area contributed by atoms with Gasteiger partial charge in [0.2, 0.25) is 5.91 Å². The highest BCUT2D eigenvalue weighted by atomic mass is 16.2. The standard InChI is InChI=1S/C21H23N7O/c1-27-18(7-9-25-27)4-5-21(29)28-12-2-3-17(15-28)16-6-8-23-19(13-16)26-20-14-22-10-11-24-20/h4-11,13-14,17H,2-3,12,15H2,1H3,(H,23,24,26)/b5-4+. The molecule has 8 nitrogen and oxygen atoms in total. The molecule has 0 aromatic carbocycles. The Bertz CT molecular complexity index is 999. The quantitative estimate of drug-likeness (QED) is 0.675. The summed E-state index contributed by atoms with van der Waals surface area (Å²) >= 11 is 0. The molecule has 0 spiro atoms. The highest BCUT2D eigenvalue weighted by Gasteiger charge is 2.24. The van der Waals surface area contributed by atoms with Gasteiger partial charge in [-0.25, -0.2) is 9.97 Å². The number of carbonyl (C=O) groups excluding carboxylic acids is 1. The first-order chi connectivity index (χ1) is 14.2. The lowest BCUT2D eigenvalue weighted by Crippen LogP contribution is -2.38. The van der Waals surface area contributed by atoms with Crippen molar-refractivity contribution in [3.05, 3.63) is 66.5 Å². The molecule has 1 fully saturated rings. The average Bonchev–Trinajstić information content (AvgIpc) is 3.18. The molecule has 4 heterocycles. The zero-order chi connectivity index (χ0) is 20.1. The Hall–Kier alpha value is -3.55. The van der Waals surface area contributed by atoms with Gasteiger partial charge in [-0.1, -0.05) is 0 Å². The van der Waals surface area contributed by atoms with Gasteiger partial charge in [0.25, 0.3) is 0 Å². The predicted octanol–water partition coefficient (Wildman–Crippen LogP) is 2.77. The van der Waals surface area contributed by atoms with Crippen LogP contribution in [0.3, 0.4) is 0 Å². The third-order valence-corrected chi connectivity index (χ3v) is 5.06. The number of piperidine rings is 1. The number of nitrogens with one attached hydrogen (secondary N) is 1. The Kier molecular flexibility index (Phi) is 5.60. The van der Waals surface area contributed by atoms with E-state index in [1.54, 1.807) is 41.7 Å². The maximum atomic E-state index is 12.7. The fourth-order valence-electron chi connectivity index (χ4n) is 3.52. The van der Waals surface area contributed by atoms with Crippen LogP contribution in [0.15, 0.2) is 55.3 Å². The van der Waals surface area contributed by atoms with E-state index in [0.717, 1.165) is 30.9 Å². The third kappa shape index (κ3) is 4.66. The van der Waals surface area contributed by atoms with Crippen molar-refractivity contribution >= 4 is 23.6 Å². The Morgan fingerprint density at radius 2 is 2.07 bits per heavy atom. The molecule has 1 N–H and O–H groups in total. The summed E-state index contributed by atoms with van der Waals surface area (Å²) < 4.78 is 1.74. The van der Waals surface area contributed by atoms with Crippen LogP contribution in [0.2, 0.25) is 0 Å². The largest absolute Gasteiger partial charge is 0.339 e. The van der Waals surface area contributed by atoms with Gasteiger partial charge in [-0.15, -0.1) is 0 Å². The molecule has 3 aromatic rings. The van der Waals surface area contributed by atoms with E-state index in [1.807, 2.05) is 36.2 Å². The Morgan fingerprint density at radius 3 is 2.86 bits per heavy atom. The van der Waals surface area contributed by atoms with Gasteiger partial charge in [-0.2, -0.15) is 5.10 Å². The van der Waals surface area contributed by atoms with Crippen LogP contribution in [0.1, 0.15) is 30.0 Å².